The van der Waals surface area contributed by atoms with Crippen LogP contribution in [0.3, 0.4) is 0 Å². The molecule has 1 aliphatic heterocycles. The van der Waals surface area contributed by atoms with Gasteiger partial charge in [-0.05, 0) is 76.2 Å². The highest BCUT2D eigenvalue weighted by atomic mass is 35.5. The second-order valence-electron chi connectivity index (χ2n) is 15.2. The summed E-state index contributed by atoms with van der Waals surface area (Å²) in [6.07, 6.45) is -3.85. The third-order valence-corrected chi connectivity index (χ3v) is 10.9. The molecular weight excluding hydrogens is 791 g/mol. The average molecular weight is 827 g/mol. The number of amides is 2. The maximum absolute atomic E-state index is 15.0. The van der Waals surface area contributed by atoms with Gasteiger partial charge in [-0.2, -0.15) is 31.7 Å². The number of nitrogens with zero attached hydrogens (tertiary/aromatic N) is 6. The largest absolute Gasteiger partial charge is 0.447 e. The molecule has 3 heterocycles. The predicted octanol–water partition coefficient (Wildman–Crippen LogP) is 9.13. The van der Waals surface area contributed by atoms with E-state index in [-0.39, 0.29) is 47.2 Å². The van der Waals surface area contributed by atoms with Crippen molar-refractivity contribution in [2.45, 2.75) is 69.9 Å². The number of aliphatic imine (C=N–C) groups is 1. The smallest absolute Gasteiger partial charge is 0.411 e. The third kappa shape index (κ3) is 7.82. The van der Waals surface area contributed by atoms with E-state index in [0.29, 0.717) is 10.2 Å². The lowest BCUT2D eigenvalue weighted by atomic mass is 9.75. The SMILES string of the molecule is CC(C)(C)C[C@]1(c2ccc(-c3ccc(-c4cnsc4)cc3)cc2)N=C(N)N([C@H](COC(=O)NC2(C(F)(F)F)CC2)c2ccc(Cl)c(-c3ncnn3C(F)F)c2)C1=O. The summed E-state index contributed by atoms with van der Waals surface area (Å²) in [7, 11) is 0. The van der Waals surface area contributed by atoms with Crippen LogP contribution in [0.5, 0.6) is 0 Å². The van der Waals surface area contributed by atoms with Crippen LogP contribution in [0.25, 0.3) is 33.6 Å². The molecule has 5 aromatic rings. The number of nitrogens with one attached hydrogen (secondary N) is 1. The van der Waals surface area contributed by atoms with E-state index in [1.807, 2.05) is 67.9 Å². The van der Waals surface area contributed by atoms with E-state index in [0.717, 1.165) is 33.5 Å². The van der Waals surface area contributed by atoms with Gasteiger partial charge >= 0.3 is 18.8 Å². The van der Waals surface area contributed by atoms with Crippen molar-refractivity contribution >= 4 is 41.1 Å². The summed E-state index contributed by atoms with van der Waals surface area (Å²) in [6.45, 7) is 2.01. The van der Waals surface area contributed by atoms with Crippen LogP contribution in [0.4, 0.5) is 26.7 Å². The van der Waals surface area contributed by atoms with Crippen LogP contribution in [-0.2, 0) is 15.1 Å². The van der Waals surface area contributed by atoms with Crippen molar-refractivity contribution in [3.8, 4) is 33.6 Å². The molecule has 18 heteroatoms. The zero-order chi connectivity index (χ0) is 40.9. The van der Waals surface area contributed by atoms with Gasteiger partial charge in [-0.25, -0.2) is 19.1 Å². The van der Waals surface area contributed by atoms with Gasteiger partial charge in [0, 0.05) is 22.7 Å². The van der Waals surface area contributed by atoms with E-state index in [1.54, 1.807) is 18.3 Å². The Morgan fingerprint density at radius 3 is 2.19 bits per heavy atom. The monoisotopic (exact) mass is 826 g/mol. The summed E-state index contributed by atoms with van der Waals surface area (Å²) in [4.78, 5) is 37.8. The van der Waals surface area contributed by atoms with Crippen molar-refractivity contribution in [1.82, 2.24) is 29.4 Å². The second kappa shape index (κ2) is 14.8. The Kier molecular flexibility index (Phi) is 10.4. The number of ether oxygens (including phenoxy) is 1. The minimum absolute atomic E-state index is 0.00147. The third-order valence-electron chi connectivity index (χ3n) is 9.95. The highest BCUT2D eigenvalue weighted by Crippen LogP contribution is 2.49. The number of alkyl halides is 5. The highest BCUT2D eigenvalue weighted by Gasteiger charge is 2.64. The predicted molar refractivity (Wildman–Crippen MR) is 204 cm³/mol. The number of carbonyl (C=O) groups excluding carboxylic acids is 2. The molecule has 0 unspecified atom stereocenters. The average Bonchev–Trinajstić information content (AvgIpc) is 3.46. The molecule has 11 nitrogen and oxygen atoms in total. The molecule has 3 aromatic carbocycles. The van der Waals surface area contributed by atoms with E-state index >= 15 is 4.79 Å². The number of halogens is 6. The standard InChI is InChI=1S/C39H36ClF5N8O3S/c1-36(2,3)20-38(27-11-8-23(9-12-27)22-4-6-24(7-5-22)26-17-49-57-19-26)32(54)52(34(46)50-38)30(18-56-35(55)51-37(14-15-37)39(43,44)45)25-10-13-29(40)28(16-25)31-47-21-48-53(31)33(41)42/h4-13,16-17,19,21,30,33H,14-15,18,20H2,1-3H3,(H2,46,50)(H,51,55)/t30-,38-/m1/s1. The Morgan fingerprint density at radius 2 is 1.63 bits per heavy atom. The van der Waals surface area contributed by atoms with Crippen LogP contribution >= 0.6 is 23.1 Å². The van der Waals surface area contributed by atoms with Crippen LogP contribution in [0, 0.1) is 5.41 Å². The maximum Gasteiger partial charge on any atom is 0.411 e. The number of aromatic nitrogens is 4. The summed E-state index contributed by atoms with van der Waals surface area (Å²) in [5.74, 6) is -1.17. The number of alkyl carbamates (subject to hydrolysis) is 1. The summed E-state index contributed by atoms with van der Waals surface area (Å²) in [5.41, 5.74) is 6.60. The molecule has 3 N–H and O–H groups in total. The lowest BCUT2D eigenvalue weighted by Gasteiger charge is -2.35. The van der Waals surface area contributed by atoms with Crippen LogP contribution in [0.1, 0.15) is 63.8 Å². The molecule has 0 radical (unpaired) electrons. The Labute approximate surface area is 332 Å². The van der Waals surface area contributed by atoms with Crippen molar-refractivity contribution in [2.24, 2.45) is 16.1 Å². The lowest BCUT2D eigenvalue weighted by Crippen LogP contribution is -2.50. The van der Waals surface area contributed by atoms with Crippen molar-refractivity contribution in [3.05, 3.63) is 101 Å². The maximum atomic E-state index is 15.0. The minimum Gasteiger partial charge on any atom is -0.447 e. The van der Waals surface area contributed by atoms with Gasteiger partial charge in [0.15, 0.2) is 17.3 Å². The molecule has 2 atom stereocenters. The van der Waals surface area contributed by atoms with Gasteiger partial charge in [0.25, 0.3) is 5.91 Å². The number of carbonyl (C=O) groups is 2. The first kappa shape index (κ1) is 39.8. The first-order valence-electron chi connectivity index (χ1n) is 17.7. The minimum atomic E-state index is -4.72. The molecule has 0 bridgehead atoms. The number of rotatable bonds is 11. The number of benzene rings is 3. The zero-order valence-electron chi connectivity index (χ0n) is 30.7. The molecule has 57 heavy (non-hydrogen) atoms. The van der Waals surface area contributed by atoms with E-state index < -0.39 is 53.9 Å². The van der Waals surface area contributed by atoms with Gasteiger partial charge < -0.3 is 15.8 Å². The second-order valence-corrected chi connectivity index (χ2v) is 16.2. The molecule has 1 saturated carbocycles. The zero-order valence-corrected chi connectivity index (χ0v) is 32.3. The molecule has 1 aliphatic carbocycles. The summed E-state index contributed by atoms with van der Waals surface area (Å²) in [6, 6.07) is 18.1. The van der Waals surface area contributed by atoms with Gasteiger partial charge in [-0.1, -0.05) is 87.0 Å². The molecule has 7 rings (SSSR count). The highest BCUT2D eigenvalue weighted by molar-refractivity contribution is 7.03. The van der Waals surface area contributed by atoms with E-state index in [4.69, 9.17) is 27.1 Å². The summed E-state index contributed by atoms with van der Waals surface area (Å²) >= 11 is 7.83. The van der Waals surface area contributed by atoms with Crippen LogP contribution in [0.2, 0.25) is 5.02 Å². The fourth-order valence-electron chi connectivity index (χ4n) is 7.03. The number of hydrogen-bond acceptors (Lipinski definition) is 9. The number of hydrogen-bond donors (Lipinski definition) is 2. The fourth-order valence-corrected chi connectivity index (χ4v) is 7.78. The van der Waals surface area contributed by atoms with Crippen molar-refractivity contribution in [3.63, 3.8) is 0 Å². The molecule has 2 aromatic heterocycles. The Hall–Kier alpha value is -5.42. The Bertz CT molecular complexity index is 2310. The summed E-state index contributed by atoms with van der Waals surface area (Å²) < 4.78 is 78.8. The first-order chi connectivity index (χ1) is 26.9. The normalized spacial score (nSPS) is 18.5. The van der Waals surface area contributed by atoms with Gasteiger partial charge in [-0.3, -0.25) is 9.69 Å². The quantitative estimate of drug-likeness (QED) is 0.127. The van der Waals surface area contributed by atoms with Crippen LogP contribution in [0.15, 0.2) is 89.6 Å². The van der Waals surface area contributed by atoms with Gasteiger partial charge in [0.1, 0.15) is 18.5 Å². The molecule has 2 amide bonds. The number of nitrogens with two attached hydrogens (primary N) is 1. The van der Waals surface area contributed by atoms with Crippen molar-refractivity contribution in [2.75, 3.05) is 6.61 Å². The molecule has 298 valence electrons. The van der Waals surface area contributed by atoms with E-state index in [1.165, 1.54) is 29.7 Å². The number of guanidine groups is 1. The van der Waals surface area contributed by atoms with E-state index in [2.05, 4.69) is 14.5 Å². The summed E-state index contributed by atoms with van der Waals surface area (Å²) in [5, 5.41) is 7.45. The lowest BCUT2D eigenvalue weighted by molar-refractivity contribution is -0.164. The van der Waals surface area contributed by atoms with Crippen LogP contribution < -0.4 is 11.1 Å². The molecule has 2 aliphatic rings. The van der Waals surface area contributed by atoms with Gasteiger partial charge in [-0.15, -0.1) is 0 Å². The van der Waals surface area contributed by atoms with Gasteiger partial charge in [0.05, 0.1) is 11.1 Å². The Morgan fingerprint density at radius 1 is 1.00 bits per heavy atom. The first-order valence-corrected chi connectivity index (χ1v) is 18.9. The molecule has 1 fully saturated rings. The fraction of sp³-hybridized carbons (Fsp3) is 0.333. The Balaban J connectivity index is 1.25. The van der Waals surface area contributed by atoms with Gasteiger partial charge in [0.2, 0.25) is 0 Å². The van der Waals surface area contributed by atoms with Crippen LogP contribution in [-0.4, -0.2) is 60.3 Å². The topological polar surface area (TPSA) is 141 Å². The van der Waals surface area contributed by atoms with E-state index in [9.17, 15) is 26.7 Å². The van der Waals surface area contributed by atoms with Crippen molar-refractivity contribution in [1.29, 1.82) is 0 Å². The van der Waals surface area contributed by atoms with Crippen molar-refractivity contribution < 1.29 is 36.3 Å². The molecule has 0 spiro atoms. The molecule has 0 saturated heterocycles. The molecular formula is C39H36ClF5N8O3S.